The minimum absolute atomic E-state index is 0.233. The lowest BCUT2D eigenvalue weighted by molar-refractivity contribution is -0.137. The van der Waals surface area contributed by atoms with E-state index in [1.54, 1.807) is 0 Å². The second kappa shape index (κ2) is 6.23. The maximum absolute atomic E-state index is 12.5. The fourth-order valence-electron chi connectivity index (χ4n) is 2.10. The van der Waals surface area contributed by atoms with E-state index in [1.807, 2.05) is 6.92 Å². The number of nitrogens with zero attached hydrogens (tertiary/aromatic N) is 3. The maximum Gasteiger partial charge on any atom is 0.416 e. The predicted octanol–water partition coefficient (Wildman–Crippen LogP) is 3.34. The molecule has 0 saturated heterocycles. The van der Waals surface area contributed by atoms with Crippen molar-refractivity contribution in [3.05, 3.63) is 57.0 Å². The molecule has 0 spiro atoms. The maximum atomic E-state index is 12.5. The molecule has 0 aliphatic heterocycles. The highest BCUT2D eigenvalue weighted by molar-refractivity contribution is 7.16. The molecular formula is C15H13F3N4OS. The minimum Gasteiger partial charge on any atom is -0.379 e. The van der Waals surface area contributed by atoms with Gasteiger partial charge in [-0.1, -0.05) is 18.3 Å². The first-order valence-electron chi connectivity index (χ1n) is 7.16. The Morgan fingerprint density at radius 3 is 2.58 bits per heavy atom. The van der Waals surface area contributed by atoms with Crippen LogP contribution in [0.3, 0.4) is 0 Å². The first-order valence-corrected chi connectivity index (χ1v) is 7.98. The number of nitrogens with one attached hydrogen (secondary N) is 1. The average Bonchev–Trinajstić information content (AvgIpc) is 2.96. The van der Waals surface area contributed by atoms with Crippen molar-refractivity contribution in [1.82, 2.24) is 14.6 Å². The summed E-state index contributed by atoms with van der Waals surface area (Å²) in [6.45, 7) is 2.17. The average molecular weight is 354 g/mol. The number of halogens is 3. The molecule has 3 rings (SSSR count). The number of aromatic nitrogens is 3. The number of aryl methyl sites for hydroxylation is 1. The van der Waals surface area contributed by atoms with E-state index >= 15 is 0 Å². The Kier molecular flexibility index (Phi) is 4.27. The zero-order chi connectivity index (χ0) is 17.3. The van der Waals surface area contributed by atoms with Gasteiger partial charge in [0.05, 0.1) is 17.8 Å². The molecular weight excluding hydrogens is 341 g/mol. The van der Waals surface area contributed by atoms with Crippen molar-refractivity contribution in [2.75, 3.05) is 5.32 Å². The molecule has 24 heavy (non-hydrogen) atoms. The third-order valence-electron chi connectivity index (χ3n) is 3.33. The van der Waals surface area contributed by atoms with E-state index in [2.05, 4.69) is 15.4 Å². The number of benzene rings is 1. The summed E-state index contributed by atoms with van der Waals surface area (Å²) in [4.78, 5) is 16.9. The van der Waals surface area contributed by atoms with Crippen molar-refractivity contribution < 1.29 is 13.2 Å². The number of fused-ring (bicyclic) bond motifs is 1. The molecule has 0 saturated carbocycles. The van der Waals surface area contributed by atoms with E-state index in [4.69, 9.17) is 0 Å². The van der Waals surface area contributed by atoms with E-state index in [0.717, 1.165) is 17.1 Å². The van der Waals surface area contributed by atoms with Gasteiger partial charge in [0, 0.05) is 11.8 Å². The molecule has 0 amide bonds. The van der Waals surface area contributed by atoms with Crippen LogP contribution in [0, 0.1) is 0 Å². The zero-order valence-corrected chi connectivity index (χ0v) is 13.4. The summed E-state index contributed by atoms with van der Waals surface area (Å²) in [5.74, 6) is 0. The van der Waals surface area contributed by atoms with Crippen molar-refractivity contribution in [2.24, 2.45) is 0 Å². The van der Waals surface area contributed by atoms with Crippen LogP contribution in [0.1, 0.15) is 23.2 Å². The van der Waals surface area contributed by atoms with Gasteiger partial charge in [-0.3, -0.25) is 4.79 Å². The van der Waals surface area contributed by atoms with E-state index < -0.39 is 11.7 Å². The van der Waals surface area contributed by atoms with Crippen LogP contribution in [0.5, 0.6) is 0 Å². The van der Waals surface area contributed by atoms with Gasteiger partial charge < -0.3 is 5.32 Å². The third-order valence-corrected chi connectivity index (χ3v) is 4.38. The summed E-state index contributed by atoms with van der Waals surface area (Å²) < 4.78 is 38.8. The summed E-state index contributed by atoms with van der Waals surface area (Å²) in [5, 5.41) is 7.93. The fraction of sp³-hybridized carbons (Fsp3) is 0.267. The standard InChI is InChI=1S/C15H13F3N4OS/c1-2-12-21-22-13(23)7-11(20-14(22)24-12)8-19-10-5-3-9(4-6-10)15(16,17)18/h3-7,19H,2,8H2,1H3. The van der Waals surface area contributed by atoms with Crippen molar-refractivity contribution in [2.45, 2.75) is 26.1 Å². The van der Waals surface area contributed by atoms with Crippen molar-refractivity contribution >= 4 is 22.0 Å². The number of hydrogen-bond acceptors (Lipinski definition) is 5. The van der Waals surface area contributed by atoms with Gasteiger partial charge >= 0.3 is 6.18 Å². The molecule has 0 radical (unpaired) electrons. The van der Waals surface area contributed by atoms with Crippen LogP contribution >= 0.6 is 11.3 Å². The van der Waals surface area contributed by atoms with Crippen LogP contribution < -0.4 is 10.9 Å². The lowest BCUT2D eigenvalue weighted by atomic mass is 10.2. The quantitative estimate of drug-likeness (QED) is 0.781. The second-order valence-electron chi connectivity index (χ2n) is 5.06. The Balaban J connectivity index is 1.77. The van der Waals surface area contributed by atoms with Crippen LogP contribution in [0.25, 0.3) is 4.96 Å². The number of rotatable bonds is 4. The fourth-order valence-corrected chi connectivity index (χ4v) is 2.96. The largest absolute Gasteiger partial charge is 0.416 e. The molecule has 0 bridgehead atoms. The molecule has 0 fully saturated rings. The molecule has 1 N–H and O–H groups in total. The van der Waals surface area contributed by atoms with Crippen LogP contribution in [0.4, 0.5) is 18.9 Å². The van der Waals surface area contributed by atoms with Gasteiger partial charge in [-0.05, 0) is 30.7 Å². The van der Waals surface area contributed by atoms with Crippen molar-refractivity contribution in [3.8, 4) is 0 Å². The van der Waals surface area contributed by atoms with Crippen LogP contribution in [0.2, 0.25) is 0 Å². The highest BCUT2D eigenvalue weighted by atomic mass is 32.1. The van der Waals surface area contributed by atoms with Gasteiger partial charge in [-0.25, -0.2) is 4.98 Å². The van der Waals surface area contributed by atoms with Crippen LogP contribution in [-0.4, -0.2) is 14.6 Å². The summed E-state index contributed by atoms with van der Waals surface area (Å²) in [6.07, 6.45) is -3.64. The van der Waals surface area contributed by atoms with Crippen LogP contribution in [0.15, 0.2) is 35.1 Å². The Morgan fingerprint density at radius 1 is 1.25 bits per heavy atom. The molecule has 0 aliphatic rings. The Morgan fingerprint density at radius 2 is 1.96 bits per heavy atom. The SMILES string of the molecule is CCc1nn2c(=O)cc(CNc3ccc(C(F)(F)F)cc3)nc2s1. The zero-order valence-electron chi connectivity index (χ0n) is 12.6. The molecule has 2 heterocycles. The van der Waals surface area contributed by atoms with Gasteiger partial charge in [0.15, 0.2) is 0 Å². The summed E-state index contributed by atoms with van der Waals surface area (Å²) >= 11 is 1.34. The Hall–Kier alpha value is -2.42. The van der Waals surface area contributed by atoms with Crippen molar-refractivity contribution in [3.63, 3.8) is 0 Å². The lowest BCUT2D eigenvalue weighted by Gasteiger charge is -2.09. The number of alkyl halides is 3. The molecule has 0 unspecified atom stereocenters. The first-order chi connectivity index (χ1) is 11.4. The normalized spacial score (nSPS) is 11.8. The van der Waals surface area contributed by atoms with Gasteiger partial charge in [0.25, 0.3) is 5.56 Å². The summed E-state index contributed by atoms with van der Waals surface area (Å²) in [6, 6.07) is 6.06. The molecule has 2 aromatic heterocycles. The monoisotopic (exact) mass is 354 g/mol. The number of anilines is 1. The molecule has 0 aliphatic carbocycles. The third kappa shape index (κ3) is 3.40. The van der Waals surface area contributed by atoms with E-state index in [1.165, 1.54) is 34.1 Å². The van der Waals surface area contributed by atoms with E-state index in [0.29, 0.717) is 22.8 Å². The molecule has 0 atom stereocenters. The Labute approximate surface area is 138 Å². The topological polar surface area (TPSA) is 59.3 Å². The predicted molar refractivity (Wildman–Crippen MR) is 85.3 cm³/mol. The second-order valence-corrected chi connectivity index (χ2v) is 6.10. The molecule has 3 aromatic rings. The van der Waals surface area contributed by atoms with Gasteiger partial charge in [-0.2, -0.15) is 22.8 Å². The molecule has 9 heteroatoms. The van der Waals surface area contributed by atoms with Gasteiger partial charge in [0.2, 0.25) is 4.96 Å². The highest BCUT2D eigenvalue weighted by Crippen LogP contribution is 2.29. The minimum atomic E-state index is -4.36. The van der Waals surface area contributed by atoms with Gasteiger partial charge in [-0.15, -0.1) is 0 Å². The smallest absolute Gasteiger partial charge is 0.379 e. The highest BCUT2D eigenvalue weighted by Gasteiger charge is 2.29. The molecule has 126 valence electrons. The Bertz CT molecular complexity index is 915. The summed E-state index contributed by atoms with van der Waals surface area (Å²) in [7, 11) is 0. The first kappa shape index (κ1) is 16.4. The lowest BCUT2D eigenvalue weighted by Crippen LogP contribution is -2.16. The molecule has 1 aromatic carbocycles. The summed E-state index contributed by atoms with van der Waals surface area (Å²) in [5.41, 5.74) is 0.0394. The van der Waals surface area contributed by atoms with E-state index in [9.17, 15) is 18.0 Å². The van der Waals surface area contributed by atoms with Crippen molar-refractivity contribution in [1.29, 1.82) is 0 Å². The number of hydrogen-bond donors (Lipinski definition) is 1. The van der Waals surface area contributed by atoms with Gasteiger partial charge in [0.1, 0.15) is 5.01 Å². The molecule has 5 nitrogen and oxygen atoms in total. The van der Waals surface area contributed by atoms with Crippen LogP contribution in [-0.2, 0) is 19.1 Å². The van der Waals surface area contributed by atoms with E-state index in [-0.39, 0.29) is 12.1 Å².